The summed E-state index contributed by atoms with van der Waals surface area (Å²) < 4.78 is 6.67. The van der Waals surface area contributed by atoms with Crippen molar-refractivity contribution in [1.82, 2.24) is 5.32 Å². The lowest BCUT2D eigenvalue weighted by Gasteiger charge is -2.10. The average Bonchev–Trinajstić information content (AvgIpc) is 2.48. The average molecular weight is 351 g/mol. The maximum atomic E-state index is 11.0. The van der Waals surface area contributed by atoms with Gasteiger partial charge in [-0.05, 0) is 36.9 Å². The second kappa shape index (κ2) is 7.19. The topological polar surface area (TPSA) is 64.4 Å². The van der Waals surface area contributed by atoms with Crippen LogP contribution in [0.4, 0.5) is 5.69 Å². The normalized spacial score (nSPS) is 10.4. The van der Waals surface area contributed by atoms with Crippen molar-refractivity contribution in [2.24, 2.45) is 0 Å². The van der Waals surface area contributed by atoms with E-state index in [1.165, 1.54) is 6.07 Å². The van der Waals surface area contributed by atoms with Crippen molar-refractivity contribution < 1.29 is 9.66 Å². The monoisotopic (exact) mass is 350 g/mol. The molecule has 6 heteroatoms. The largest absolute Gasteiger partial charge is 0.489 e. The highest BCUT2D eigenvalue weighted by molar-refractivity contribution is 9.10. The van der Waals surface area contributed by atoms with Gasteiger partial charge in [0.2, 0.25) is 0 Å². The minimum atomic E-state index is -0.396. The van der Waals surface area contributed by atoms with Crippen LogP contribution in [-0.2, 0) is 13.2 Å². The molecule has 0 unspecified atom stereocenters. The molecule has 2 rings (SSSR count). The number of hydrogen-bond acceptors (Lipinski definition) is 4. The number of rotatable bonds is 6. The van der Waals surface area contributed by atoms with Crippen LogP contribution in [0, 0.1) is 10.1 Å². The number of nitro benzene ring substituents is 1. The molecule has 0 amide bonds. The first-order valence-electron chi connectivity index (χ1n) is 6.40. The third kappa shape index (κ3) is 4.03. The Morgan fingerprint density at radius 2 is 2.00 bits per heavy atom. The molecule has 0 radical (unpaired) electrons. The molecule has 0 atom stereocenters. The molecular weight excluding hydrogens is 336 g/mol. The van der Waals surface area contributed by atoms with Gasteiger partial charge >= 0.3 is 0 Å². The molecule has 2 aromatic rings. The first-order valence-corrected chi connectivity index (χ1v) is 7.19. The van der Waals surface area contributed by atoms with E-state index in [0.29, 0.717) is 17.9 Å². The minimum absolute atomic E-state index is 0.0741. The molecule has 5 nitrogen and oxygen atoms in total. The molecule has 2 aromatic carbocycles. The van der Waals surface area contributed by atoms with Gasteiger partial charge in [-0.1, -0.05) is 28.1 Å². The zero-order valence-electron chi connectivity index (χ0n) is 11.5. The summed E-state index contributed by atoms with van der Waals surface area (Å²) >= 11 is 3.47. The molecule has 0 saturated heterocycles. The zero-order chi connectivity index (χ0) is 15.2. The van der Waals surface area contributed by atoms with Crippen molar-refractivity contribution in [3.8, 4) is 5.75 Å². The molecule has 0 aliphatic heterocycles. The molecule has 0 aliphatic rings. The number of nitrogens with zero attached hydrogens (tertiary/aromatic N) is 1. The van der Waals surface area contributed by atoms with Gasteiger partial charge in [-0.3, -0.25) is 10.1 Å². The maximum Gasteiger partial charge on any atom is 0.276 e. The van der Waals surface area contributed by atoms with E-state index in [0.717, 1.165) is 10.0 Å². The van der Waals surface area contributed by atoms with Gasteiger partial charge in [-0.15, -0.1) is 0 Å². The molecular formula is C15H15BrN2O3. The SMILES string of the molecule is CNCc1cc(OCc2ccccc2[N+](=O)[O-])ccc1Br. The number of halogens is 1. The van der Waals surface area contributed by atoms with Crippen LogP contribution >= 0.6 is 15.9 Å². The molecule has 0 bridgehead atoms. The van der Waals surface area contributed by atoms with Gasteiger partial charge in [-0.25, -0.2) is 0 Å². The van der Waals surface area contributed by atoms with Crippen LogP contribution in [-0.4, -0.2) is 12.0 Å². The predicted molar refractivity (Wildman–Crippen MR) is 84.3 cm³/mol. The smallest absolute Gasteiger partial charge is 0.276 e. The fraction of sp³-hybridized carbons (Fsp3) is 0.200. The Morgan fingerprint density at radius 3 is 2.71 bits per heavy atom. The molecule has 0 fully saturated rings. The van der Waals surface area contributed by atoms with Crippen LogP contribution in [0.25, 0.3) is 0 Å². The van der Waals surface area contributed by atoms with Crippen LogP contribution in [0.2, 0.25) is 0 Å². The second-order valence-electron chi connectivity index (χ2n) is 4.46. The van der Waals surface area contributed by atoms with E-state index in [9.17, 15) is 10.1 Å². The lowest BCUT2D eigenvalue weighted by Crippen LogP contribution is -2.06. The molecule has 0 aromatic heterocycles. The summed E-state index contributed by atoms with van der Waals surface area (Å²) in [5, 5.41) is 14.0. The Hall–Kier alpha value is -1.92. The highest BCUT2D eigenvalue weighted by atomic mass is 79.9. The molecule has 110 valence electrons. The van der Waals surface area contributed by atoms with Gasteiger partial charge in [-0.2, -0.15) is 0 Å². The molecule has 0 heterocycles. The van der Waals surface area contributed by atoms with Crippen molar-refractivity contribution >= 4 is 21.6 Å². The van der Waals surface area contributed by atoms with Gasteiger partial charge in [0, 0.05) is 17.1 Å². The third-order valence-electron chi connectivity index (χ3n) is 2.97. The van der Waals surface area contributed by atoms with Gasteiger partial charge in [0.1, 0.15) is 12.4 Å². The minimum Gasteiger partial charge on any atom is -0.489 e. The Bertz CT molecular complexity index is 647. The van der Waals surface area contributed by atoms with Crippen molar-refractivity contribution in [3.63, 3.8) is 0 Å². The van der Waals surface area contributed by atoms with E-state index in [2.05, 4.69) is 21.2 Å². The first-order chi connectivity index (χ1) is 10.1. The van der Waals surface area contributed by atoms with Gasteiger partial charge in [0.15, 0.2) is 0 Å². The number of para-hydroxylation sites is 1. The Balaban J connectivity index is 2.13. The van der Waals surface area contributed by atoms with Crippen LogP contribution in [0.15, 0.2) is 46.9 Å². The fourth-order valence-electron chi connectivity index (χ4n) is 1.94. The standard InChI is InChI=1S/C15H15BrN2O3/c1-17-9-12-8-13(6-7-14(12)16)21-10-11-4-2-3-5-15(11)18(19)20/h2-8,17H,9-10H2,1H3. The summed E-state index contributed by atoms with van der Waals surface area (Å²) in [5.41, 5.74) is 1.70. The summed E-state index contributed by atoms with van der Waals surface area (Å²) in [6.07, 6.45) is 0. The molecule has 0 spiro atoms. The van der Waals surface area contributed by atoms with Crippen LogP contribution in [0.1, 0.15) is 11.1 Å². The van der Waals surface area contributed by atoms with Crippen molar-refractivity contribution in [3.05, 3.63) is 68.2 Å². The van der Waals surface area contributed by atoms with E-state index < -0.39 is 4.92 Å². The fourth-order valence-corrected chi connectivity index (χ4v) is 2.33. The number of nitrogens with one attached hydrogen (secondary N) is 1. The van der Waals surface area contributed by atoms with Crippen LogP contribution < -0.4 is 10.1 Å². The number of ether oxygens (including phenoxy) is 1. The number of benzene rings is 2. The number of nitro groups is 1. The van der Waals surface area contributed by atoms with Gasteiger partial charge in [0.25, 0.3) is 5.69 Å². The molecule has 0 saturated carbocycles. The Morgan fingerprint density at radius 1 is 1.24 bits per heavy atom. The molecule has 21 heavy (non-hydrogen) atoms. The summed E-state index contributed by atoms with van der Waals surface area (Å²) in [6, 6.07) is 12.2. The third-order valence-corrected chi connectivity index (χ3v) is 3.74. The van der Waals surface area contributed by atoms with Crippen molar-refractivity contribution in [2.75, 3.05) is 7.05 Å². The van der Waals surface area contributed by atoms with E-state index in [4.69, 9.17) is 4.74 Å². The van der Waals surface area contributed by atoms with E-state index in [1.54, 1.807) is 18.2 Å². The van der Waals surface area contributed by atoms with E-state index >= 15 is 0 Å². The van der Waals surface area contributed by atoms with E-state index in [1.807, 2.05) is 25.2 Å². The van der Waals surface area contributed by atoms with Crippen LogP contribution in [0.3, 0.4) is 0 Å². The highest BCUT2D eigenvalue weighted by Gasteiger charge is 2.12. The van der Waals surface area contributed by atoms with E-state index in [-0.39, 0.29) is 12.3 Å². The maximum absolute atomic E-state index is 11.0. The van der Waals surface area contributed by atoms with Gasteiger partial charge in [0.05, 0.1) is 10.5 Å². The first kappa shape index (κ1) is 15.5. The Kier molecular flexibility index (Phi) is 5.30. The second-order valence-corrected chi connectivity index (χ2v) is 5.31. The zero-order valence-corrected chi connectivity index (χ0v) is 13.1. The van der Waals surface area contributed by atoms with Crippen molar-refractivity contribution in [2.45, 2.75) is 13.2 Å². The quantitative estimate of drug-likeness (QED) is 0.637. The lowest BCUT2D eigenvalue weighted by molar-refractivity contribution is -0.385. The number of hydrogen-bond donors (Lipinski definition) is 1. The summed E-state index contributed by atoms with van der Waals surface area (Å²) in [6.45, 7) is 0.876. The van der Waals surface area contributed by atoms with Crippen LogP contribution in [0.5, 0.6) is 5.75 Å². The summed E-state index contributed by atoms with van der Waals surface area (Å²) in [7, 11) is 1.87. The summed E-state index contributed by atoms with van der Waals surface area (Å²) in [5.74, 6) is 0.682. The highest BCUT2D eigenvalue weighted by Crippen LogP contribution is 2.25. The molecule has 0 aliphatic carbocycles. The summed E-state index contributed by atoms with van der Waals surface area (Å²) in [4.78, 5) is 10.6. The Labute approximate surface area is 131 Å². The van der Waals surface area contributed by atoms with Crippen molar-refractivity contribution in [1.29, 1.82) is 0 Å². The lowest BCUT2D eigenvalue weighted by atomic mass is 10.2. The molecule has 1 N–H and O–H groups in total. The van der Waals surface area contributed by atoms with Gasteiger partial charge < -0.3 is 10.1 Å². The predicted octanol–water partition coefficient (Wildman–Crippen LogP) is 3.66.